The van der Waals surface area contributed by atoms with E-state index in [2.05, 4.69) is 0 Å². The summed E-state index contributed by atoms with van der Waals surface area (Å²) < 4.78 is 0. The molecule has 0 aromatic carbocycles. The normalized spacial score (nSPS) is 11.3. The molecule has 3 N–H and O–H groups in total. The third-order valence-corrected chi connectivity index (χ3v) is 0.653. The van der Waals surface area contributed by atoms with Gasteiger partial charge in [0.1, 0.15) is 0 Å². The molecule has 53 valence electrons. The number of hydrogen-bond acceptors (Lipinski definition) is 3. The van der Waals surface area contributed by atoms with Gasteiger partial charge in [0.2, 0.25) is 0 Å². The zero-order valence-corrected chi connectivity index (χ0v) is 5.44. The first-order chi connectivity index (χ1) is 4.04. The van der Waals surface area contributed by atoms with Crippen LogP contribution >= 0.6 is 0 Å². The summed E-state index contributed by atoms with van der Waals surface area (Å²) in [6.45, 7) is 0. The third-order valence-electron chi connectivity index (χ3n) is 0.653. The molecule has 6 heteroatoms. The molecule has 0 saturated heterocycles. The van der Waals surface area contributed by atoms with Crippen molar-refractivity contribution in [2.24, 2.45) is 0 Å². The second kappa shape index (κ2) is 5.30. The molecule has 1 radical (unpaired) electrons. The van der Waals surface area contributed by atoms with Gasteiger partial charge < -0.3 is 15.3 Å². The molecule has 10 heavy (non-hydrogen) atoms. The van der Waals surface area contributed by atoms with Gasteiger partial charge in [0, 0.05) is 18.9 Å². The number of hydrogen-bond donors (Lipinski definition) is 3. The molecular weight excluding hydrogens is 135 g/mol. The van der Waals surface area contributed by atoms with Gasteiger partial charge in [0.25, 0.3) is 0 Å². The van der Waals surface area contributed by atoms with Gasteiger partial charge in [-0.3, -0.25) is 4.79 Å². The van der Waals surface area contributed by atoms with Gasteiger partial charge >= 0.3 is 11.9 Å². The Labute approximate surface area is 68.8 Å². The van der Waals surface area contributed by atoms with Crippen molar-refractivity contribution >= 4 is 30.8 Å². The first-order valence-electron chi connectivity index (χ1n) is 2.16. The van der Waals surface area contributed by atoms with Crippen LogP contribution < -0.4 is 0 Å². The van der Waals surface area contributed by atoms with E-state index in [1.165, 1.54) is 0 Å². The van der Waals surface area contributed by atoms with Gasteiger partial charge in [-0.1, -0.05) is 0 Å². The molecule has 0 rings (SSSR count). The molecular formula is C4H6LiO5. The van der Waals surface area contributed by atoms with Crippen LogP contribution in [0.5, 0.6) is 0 Å². The number of aliphatic hydroxyl groups is 1. The Balaban J connectivity index is 0. The Morgan fingerprint density at radius 1 is 1.30 bits per heavy atom. The fraction of sp³-hybridized carbons (Fsp3) is 0.500. The Bertz CT molecular complexity index is 134. The van der Waals surface area contributed by atoms with Crippen molar-refractivity contribution in [2.75, 3.05) is 0 Å². The Kier molecular flexibility index (Phi) is 6.46. The molecule has 1 atom stereocenters. The van der Waals surface area contributed by atoms with E-state index in [0.717, 1.165) is 0 Å². The molecule has 0 fully saturated rings. The summed E-state index contributed by atoms with van der Waals surface area (Å²) in [6.07, 6.45) is -2.54. The number of aliphatic hydroxyl groups excluding tert-OH is 1. The summed E-state index contributed by atoms with van der Waals surface area (Å²) in [6, 6.07) is 0. The van der Waals surface area contributed by atoms with Gasteiger partial charge in [0.05, 0.1) is 6.42 Å². The number of rotatable bonds is 3. The van der Waals surface area contributed by atoms with E-state index < -0.39 is 24.5 Å². The van der Waals surface area contributed by atoms with E-state index in [-0.39, 0.29) is 18.9 Å². The molecule has 5 nitrogen and oxygen atoms in total. The van der Waals surface area contributed by atoms with E-state index >= 15 is 0 Å². The average molecular weight is 141 g/mol. The summed E-state index contributed by atoms with van der Waals surface area (Å²) in [5, 5.41) is 24.1. The summed E-state index contributed by atoms with van der Waals surface area (Å²) in [5.41, 5.74) is 0. The van der Waals surface area contributed by atoms with Crippen molar-refractivity contribution in [3.8, 4) is 0 Å². The number of carboxylic acid groups (broad SMARTS) is 2. The maximum atomic E-state index is 9.72. The number of aliphatic carboxylic acids is 2. The Morgan fingerprint density at radius 3 is 1.80 bits per heavy atom. The largest absolute Gasteiger partial charge is 0.481 e. The molecule has 0 aromatic heterocycles. The maximum absolute atomic E-state index is 9.72. The summed E-state index contributed by atoms with van der Waals surface area (Å²) in [5.74, 6) is -2.85. The van der Waals surface area contributed by atoms with Crippen LogP contribution in [-0.2, 0) is 9.59 Å². The average Bonchev–Trinajstić information content (AvgIpc) is 1.63. The molecule has 0 aliphatic heterocycles. The first-order valence-corrected chi connectivity index (χ1v) is 2.16. The minimum absolute atomic E-state index is 0. The zero-order chi connectivity index (χ0) is 7.44. The molecule has 0 saturated carbocycles. The smallest absolute Gasteiger partial charge is 0.333 e. The van der Waals surface area contributed by atoms with E-state index in [1.807, 2.05) is 0 Å². The number of carboxylic acids is 2. The van der Waals surface area contributed by atoms with Crippen LogP contribution in [0.4, 0.5) is 0 Å². The summed E-state index contributed by atoms with van der Waals surface area (Å²) >= 11 is 0. The minimum atomic E-state index is -1.79. The van der Waals surface area contributed by atoms with Gasteiger partial charge in [-0.05, 0) is 0 Å². The first kappa shape index (κ1) is 12.2. The zero-order valence-electron chi connectivity index (χ0n) is 5.44. The third kappa shape index (κ3) is 5.63. The van der Waals surface area contributed by atoms with Crippen LogP contribution in [-0.4, -0.2) is 52.2 Å². The second-order valence-corrected chi connectivity index (χ2v) is 1.45. The van der Waals surface area contributed by atoms with Crippen LogP contribution in [0.1, 0.15) is 6.42 Å². The fourth-order valence-electron chi connectivity index (χ4n) is 0.253. The molecule has 0 bridgehead atoms. The topological polar surface area (TPSA) is 94.8 Å². The van der Waals surface area contributed by atoms with E-state index in [4.69, 9.17) is 15.3 Å². The van der Waals surface area contributed by atoms with Gasteiger partial charge in [0.15, 0.2) is 6.10 Å². The molecule has 0 aliphatic rings. The van der Waals surface area contributed by atoms with Crippen LogP contribution in [0.25, 0.3) is 0 Å². The van der Waals surface area contributed by atoms with Crippen molar-refractivity contribution in [2.45, 2.75) is 12.5 Å². The number of carbonyl (C=O) groups is 2. The monoisotopic (exact) mass is 141 g/mol. The van der Waals surface area contributed by atoms with Gasteiger partial charge in [-0.25, -0.2) is 4.79 Å². The van der Waals surface area contributed by atoms with Crippen molar-refractivity contribution in [1.82, 2.24) is 0 Å². The summed E-state index contributed by atoms with van der Waals surface area (Å²) in [7, 11) is 0. The van der Waals surface area contributed by atoms with Crippen LogP contribution in [0.3, 0.4) is 0 Å². The van der Waals surface area contributed by atoms with Crippen molar-refractivity contribution in [3.05, 3.63) is 0 Å². The summed E-state index contributed by atoms with van der Waals surface area (Å²) in [4.78, 5) is 19.4. The second-order valence-electron chi connectivity index (χ2n) is 1.45. The minimum Gasteiger partial charge on any atom is -0.481 e. The molecule has 1 unspecified atom stereocenters. The fourth-order valence-corrected chi connectivity index (χ4v) is 0.253. The standard InChI is InChI=1S/C4H6O5.Li/c5-2(4(8)9)1-3(6)7;/h2,5H,1H2,(H,6,7)(H,8,9);. The van der Waals surface area contributed by atoms with Gasteiger partial charge in [-0.15, -0.1) is 0 Å². The van der Waals surface area contributed by atoms with Crippen LogP contribution in [0.2, 0.25) is 0 Å². The van der Waals surface area contributed by atoms with Crippen LogP contribution in [0.15, 0.2) is 0 Å². The predicted molar refractivity (Wildman–Crippen MR) is 31.6 cm³/mol. The van der Waals surface area contributed by atoms with Crippen molar-refractivity contribution in [1.29, 1.82) is 0 Å². The molecule has 0 amide bonds. The Morgan fingerprint density at radius 2 is 1.70 bits per heavy atom. The van der Waals surface area contributed by atoms with E-state index in [1.54, 1.807) is 0 Å². The van der Waals surface area contributed by atoms with Crippen molar-refractivity contribution in [3.63, 3.8) is 0 Å². The quantitative estimate of drug-likeness (QED) is 0.417. The molecule has 0 aromatic rings. The van der Waals surface area contributed by atoms with Gasteiger partial charge in [-0.2, -0.15) is 0 Å². The maximum Gasteiger partial charge on any atom is 0.333 e. The van der Waals surface area contributed by atoms with E-state index in [9.17, 15) is 9.59 Å². The molecule has 0 aliphatic carbocycles. The molecule has 0 spiro atoms. The SMILES string of the molecule is O=C(O)CC(O)C(=O)O.[Li]. The van der Waals surface area contributed by atoms with E-state index in [0.29, 0.717) is 0 Å². The van der Waals surface area contributed by atoms with Crippen LogP contribution in [0, 0.1) is 0 Å². The predicted octanol–water partition coefficient (Wildman–Crippen LogP) is -1.47. The van der Waals surface area contributed by atoms with Crippen molar-refractivity contribution < 1.29 is 24.9 Å². The molecule has 0 heterocycles. The Hall–Kier alpha value is -0.503.